The Morgan fingerprint density at radius 1 is 1.19 bits per heavy atom. The highest BCUT2D eigenvalue weighted by Gasteiger charge is 2.23. The molecule has 0 atom stereocenters. The van der Waals surface area contributed by atoms with Crippen LogP contribution in [0.5, 0.6) is 0 Å². The predicted molar refractivity (Wildman–Crippen MR) is 87.9 cm³/mol. The summed E-state index contributed by atoms with van der Waals surface area (Å²) in [5.74, 6) is 0. The van der Waals surface area contributed by atoms with Crippen molar-refractivity contribution in [2.45, 2.75) is 4.90 Å². The van der Waals surface area contributed by atoms with Crippen molar-refractivity contribution in [3.05, 3.63) is 45.9 Å². The van der Waals surface area contributed by atoms with Crippen LogP contribution in [0.2, 0.25) is 5.02 Å². The highest BCUT2D eigenvalue weighted by atomic mass is 79.9. The third-order valence-electron chi connectivity index (χ3n) is 2.71. The molecule has 0 aliphatic carbocycles. The minimum atomic E-state index is -3.78. The molecule has 1 aliphatic heterocycles. The van der Waals surface area contributed by atoms with Crippen molar-refractivity contribution in [1.82, 2.24) is 0 Å². The van der Waals surface area contributed by atoms with E-state index >= 15 is 0 Å². The lowest BCUT2D eigenvalue weighted by molar-refractivity contribution is 0.601. The van der Waals surface area contributed by atoms with Crippen LogP contribution in [0.1, 0.15) is 0 Å². The van der Waals surface area contributed by atoms with Crippen LogP contribution in [-0.2, 0) is 21.4 Å². The molecule has 0 saturated heterocycles. The first-order valence-electron chi connectivity index (χ1n) is 5.66. The molecule has 0 radical (unpaired) electrons. The number of fused-ring (bicyclic) bond motifs is 1. The lowest BCUT2D eigenvalue weighted by Crippen LogP contribution is -2.13. The van der Waals surface area contributed by atoms with Gasteiger partial charge in [0.2, 0.25) is 0 Å². The smallest absolute Gasteiger partial charge is 0.264 e. The lowest BCUT2D eigenvalue weighted by Gasteiger charge is -2.11. The maximum atomic E-state index is 12.5. The van der Waals surface area contributed by atoms with Crippen LogP contribution in [-0.4, -0.2) is 8.42 Å². The van der Waals surface area contributed by atoms with E-state index in [9.17, 15) is 8.42 Å². The molecule has 0 saturated carbocycles. The summed E-state index contributed by atoms with van der Waals surface area (Å²) >= 11 is 10.2. The Morgan fingerprint density at radius 3 is 2.81 bits per heavy atom. The molecular weight excluding hydrogens is 398 g/mol. The van der Waals surface area contributed by atoms with E-state index in [1.165, 1.54) is 12.1 Å². The first-order valence-corrected chi connectivity index (χ1v) is 9.05. The van der Waals surface area contributed by atoms with Crippen molar-refractivity contribution in [3.63, 3.8) is 0 Å². The van der Waals surface area contributed by atoms with Crippen LogP contribution < -0.4 is 4.72 Å². The second kappa shape index (κ2) is 5.53. The molecule has 108 valence electrons. The van der Waals surface area contributed by atoms with Gasteiger partial charge in [-0.2, -0.15) is 8.73 Å². The fourth-order valence-corrected chi connectivity index (χ4v) is 4.26. The standard InChI is InChI=1S/C12H7BrClN3O2S2/c13-8-5-4-7(14)6-10(8)17-21(18,19)11-3-1-2-9-12(11)16-20-15-9/h1-6,17H. The first-order chi connectivity index (χ1) is 9.97. The van der Waals surface area contributed by atoms with Crippen LogP contribution in [0, 0.1) is 0 Å². The van der Waals surface area contributed by atoms with Gasteiger partial charge in [-0.1, -0.05) is 17.7 Å². The fourth-order valence-electron chi connectivity index (χ4n) is 1.77. The second-order valence-corrected chi connectivity index (χ2v) is 7.59. The number of rotatable bonds is 3. The summed E-state index contributed by atoms with van der Waals surface area (Å²) in [6.07, 6.45) is 0. The Balaban J connectivity index is 2.05. The van der Waals surface area contributed by atoms with E-state index in [1.54, 1.807) is 24.3 Å². The molecule has 0 bridgehead atoms. The van der Waals surface area contributed by atoms with Crippen molar-refractivity contribution in [1.29, 1.82) is 0 Å². The summed E-state index contributed by atoms with van der Waals surface area (Å²) in [4.78, 5) is 0.0839. The number of sulfonamides is 1. The van der Waals surface area contributed by atoms with Gasteiger partial charge in [-0.3, -0.25) is 4.72 Å². The summed E-state index contributed by atoms with van der Waals surface area (Å²) < 4.78 is 36.3. The van der Waals surface area contributed by atoms with E-state index < -0.39 is 10.0 Å². The molecule has 21 heavy (non-hydrogen) atoms. The zero-order chi connectivity index (χ0) is 15.0. The Bertz CT molecular complexity index is 909. The molecule has 0 spiro atoms. The van der Waals surface area contributed by atoms with Crippen molar-refractivity contribution < 1.29 is 8.42 Å². The average molecular weight is 405 g/mol. The zero-order valence-electron chi connectivity index (χ0n) is 10.2. The molecule has 9 heteroatoms. The largest absolute Gasteiger partial charge is 0.278 e. The van der Waals surface area contributed by atoms with Gasteiger partial charge in [-0.15, -0.1) is 0 Å². The maximum absolute atomic E-state index is 12.5. The quantitative estimate of drug-likeness (QED) is 0.691. The number of benzene rings is 2. The Hall–Kier alpha value is -1.22. The Morgan fingerprint density at radius 2 is 2.00 bits per heavy atom. The number of halogens is 2. The summed E-state index contributed by atoms with van der Waals surface area (Å²) in [5, 5.41) is 0.435. The third-order valence-corrected chi connectivity index (χ3v) is 5.58. The van der Waals surface area contributed by atoms with Gasteiger partial charge < -0.3 is 0 Å². The van der Waals surface area contributed by atoms with Crippen molar-refractivity contribution in [3.8, 4) is 0 Å². The predicted octanol–water partition coefficient (Wildman–Crippen LogP) is 4.63. The normalized spacial score (nSPS) is 12.9. The molecule has 5 nitrogen and oxygen atoms in total. The van der Waals surface area contributed by atoms with Crippen LogP contribution in [0.3, 0.4) is 0 Å². The lowest BCUT2D eigenvalue weighted by atomic mass is 10.3. The number of anilines is 1. The minimum Gasteiger partial charge on any atom is -0.278 e. The van der Waals surface area contributed by atoms with Crippen LogP contribution in [0.25, 0.3) is 0 Å². The van der Waals surface area contributed by atoms with E-state index in [0.717, 1.165) is 11.4 Å². The molecule has 0 aromatic heterocycles. The molecule has 1 heterocycles. The fraction of sp³-hybridized carbons (Fsp3) is 0. The zero-order valence-corrected chi connectivity index (χ0v) is 14.2. The molecule has 0 amide bonds. The molecule has 0 fully saturated rings. The molecule has 1 aliphatic rings. The number of hydrogen-bond donors (Lipinski definition) is 1. The van der Waals surface area contributed by atoms with Gasteiger partial charge >= 0.3 is 0 Å². The van der Waals surface area contributed by atoms with Crippen LogP contribution in [0.4, 0.5) is 17.1 Å². The van der Waals surface area contributed by atoms with E-state index in [-0.39, 0.29) is 4.90 Å². The SMILES string of the molecule is O=S(=O)(Nc1cc(Cl)ccc1Br)c1cccc2c1N=S=N2. The summed E-state index contributed by atoms with van der Waals surface area (Å²) in [7, 11) is -3.78. The number of nitrogens with zero attached hydrogens (tertiary/aromatic N) is 2. The minimum absolute atomic E-state index is 0.0839. The highest BCUT2D eigenvalue weighted by Crippen LogP contribution is 2.38. The van der Waals surface area contributed by atoms with E-state index in [2.05, 4.69) is 29.4 Å². The summed E-state index contributed by atoms with van der Waals surface area (Å²) in [6.45, 7) is 0. The molecular formula is C12H7BrClN3O2S2. The van der Waals surface area contributed by atoms with Gasteiger partial charge in [-0.05, 0) is 46.3 Å². The van der Waals surface area contributed by atoms with Gasteiger partial charge in [-0.25, -0.2) is 8.42 Å². The number of hydrogen-bond acceptors (Lipinski definition) is 4. The molecule has 3 rings (SSSR count). The Kier molecular flexibility index (Phi) is 3.87. The van der Waals surface area contributed by atoms with Crippen LogP contribution in [0.15, 0.2) is 54.5 Å². The van der Waals surface area contributed by atoms with E-state index in [0.29, 0.717) is 26.6 Å². The molecule has 2 aromatic carbocycles. The van der Waals surface area contributed by atoms with E-state index in [4.69, 9.17) is 11.6 Å². The Labute approximate surface area is 138 Å². The van der Waals surface area contributed by atoms with Gasteiger partial charge in [0.1, 0.15) is 16.3 Å². The van der Waals surface area contributed by atoms with Crippen LogP contribution >= 0.6 is 27.5 Å². The topological polar surface area (TPSA) is 70.9 Å². The van der Waals surface area contributed by atoms with Gasteiger partial charge in [0.15, 0.2) is 0 Å². The van der Waals surface area contributed by atoms with Gasteiger partial charge in [0.05, 0.1) is 17.0 Å². The van der Waals surface area contributed by atoms with Crippen molar-refractivity contribution >= 4 is 66.0 Å². The maximum Gasteiger partial charge on any atom is 0.264 e. The monoisotopic (exact) mass is 403 g/mol. The molecule has 1 N–H and O–H groups in total. The summed E-state index contributed by atoms with van der Waals surface area (Å²) in [5.41, 5.74) is 1.27. The van der Waals surface area contributed by atoms with E-state index in [1.807, 2.05) is 0 Å². The highest BCUT2D eigenvalue weighted by molar-refractivity contribution is 9.10. The summed E-state index contributed by atoms with van der Waals surface area (Å²) in [6, 6.07) is 9.70. The molecule has 0 unspecified atom stereocenters. The van der Waals surface area contributed by atoms with Gasteiger partial charge in [0.25, 0.3) is 10.0 Å². The average Bonchev–Trinajstić information content (AvgIpc) is 2.90. The second-order valence-electron chi connectivity index (χ2n) is 4.12. The van der Waals surface area contributed by atoms with Gasteiger partial charge in [0, 0.05) is 9.50 Å². The van der Waals surface area contributed by atoms with Crippen molar-refractivity contribution in [2.75, 3.05) is 4.72 Å². The third kappa shape index (κ3) is 2.89. The number of nitrogens with one attached hydrogen (secondary N) is 1. The molecule has 2 aromatic rings. The van der Waals surface area contributed by atoms with Crippen molar-refractivity contribution in [2.24, 2.45) is 8.73 Å². The first kappa shape index (κ1) is 14.7.